The van der Waals surface area contributed by atoms with E-state index in [9.17, 15) is 13.2 Å². The maximum absolute atomic E-state index is 13.0. The second-order valence-corrected chi connectivity index (χ2v) is 9.25. The molecule has 1 aliphatic rings. The van der Waals surface area contributed by atoms with E-state index in [1.807, 2.05) is 38.1 Å². The molecular formula is C22H28N2O4S. The maximum atomic E-state index is 13.0. The third kappa shape index (κ3) is 5.16. The minimum atomic E-state index is -3.60. The first-order valence-corrected chi connectivity index (χ1v) is 11.4. The molecule has 1 heterocycles. The molecule has 7 heteroatoms. The predicted octanol–water partition coefficient (Wildman–Crippen LogP) is 3.37. The third-order valence-corrected chi connectivity index (χ3v) is 7.19. The minimum absolute atomic E-state index is 0.0233. The van der Waals surface area contributed by atoms with Crippen molar-refractivity contribution in [1.82, 2.24) is 9.62 Å². The van der Waals surface area contributed by atoms with Gasteiger partial charge in [-0.2, -0.15) is 4.31 Å². The molecule has 0 bridgehead atoms. The lowest BCUT2D eigenvalue weighted by Gasteiger charge is -2.32. The Morgan fingerprint density at radius 3 is 2.72 bits per heavy atom. The van der Waals surface area contributed by atoms with Gasteiger partial charge < -0.3 is 10.1 Å². The van der Waals surface area contributed by atoms with Gasteiger partial charge in [0.25, 0.3) is 5.91 Å². The molecular weight excluding hydrogens is 388 g/mol. The van der Waals surface area contributed by atoms with Gasteiger partial charge in [-0.1, -0.05) is 30.7 Å². The van der Waals surface area contributed by atoms with Crippen molar-refractivity contribution in [3.05, 3.63) is 59.7 Å². The van der Waals surface area contributed by atoms with Crippen LogP contribution >= 0.6 is 0 Å². The minimum Gasteiger partial charge on any atom is -0.491 e. The molecule has 1 aliphatic heterocycles. The van der Waals surface area contributed by atoms with Gasteiger partial charge in [0.15, 0.2) is 0 Å². The second-order valence-electron chi connectivity index (χ2n) is 7.36. The summed E-state index contributed by atoms with van der Waals surface area (Å²) in [7, 11) is -3.60. The molecule has 0 aliphatic carbocycles. The van der Waals surface area contributed by atoms with Gasteiger partial charge in [-0.05, 0) is 56.5 Å². The molecule has 0 radical (unpaired) electrons. The van der Waals surface area contributed by atoms with Gasteiger partial charge in [0.1, 0.15) is 12.4 Å². The van der Waals surface area contributed by atoms with Crippen molar-refractivity contribution < 1.29 is 17.9 Å². The Morgan fingerprint density at radius 1 is 1.17 bits per heavy atom. The number of rotatable bonds is 7. The average Bonchev–Trinajstić information content (AvgIpc) is 2.72. The fourth-order valence-corrected chi connectivity index (χ4v) is 5.25. The zero-order valence-electron chi connectivity index (χ0n) is 16.9. The van der Waals surface area contributed by atoms with Gasteiger partial charge in [-0.25, -0.2) is 8.42 Å². The summed E-state index contributed by atoms with van der Waals surface area (Å²) in [5.41, 5.74) is 1.36. The monoisotopic (exact) mass is 416 g/mol. The Kier molecular flexibility index (Phi) is 6.92. The van der Waals surface area contributed by atoms with Crippen LogP contribution in [-0.2, 0) is 10.0 Å². The SMILES string of the molecule is Cc1ccccc1OCCNC(=O)c1cccc(S(=O)(=O)N2CCCCC2C)c1. The predicted molar refractivity (Wildman–Crippen MR) is 113 cm³/mol. The molecule has 0 spiro atoms. The van der Waals surface area contributed by atoms with Gasteiger partial charge in [0.05, 0.1) is 11.4 Å². The standard InChI is InChI=1S/C22H28N2O4S/c1-17-8-3-4-12-21(17)28-15-13-23-22(25)19-10-7-11-20(16-19)29(26,27)24-14-6-5-9-18(24)2/h3-4,7-8,10-12,16,18H,5-6,9,13-15H2,1-2H3,(H,23,25). The van der Waals surface area contributed by atoms with Crippen molar-refractivity contribution in [3.63, 3.8) is 0 Å². The number of nitrogens with one attached hydrogen (secondary N) is 1. The van der Waals surface area contributed by atoms with Crippen molar-refractivity contribution in [2.24, 2.45) is 0 Å². The number of hydrogen-bond donors (Lipinski definition) is 1. The van der Waals surface area contributed by atoms with Crippen LogP contribution in [0.3, 0.4) is 0 Å². The first-order valence-electron chi connectivity index (χ1n) is 9.98. The summed E-state index contributed by atoms with van der Waals surface area (Å²) in [5, 5.41) is 2.78. The van der Waals surface area contributed by atoms with E-state index < -0.39 is 10.0 Å². The Morgan fingerprint density at radius 2 is 1.97 bits per heavy atom. The Labute approximate surface area is 172 Å². The molecule has 2 aromatic rings. The summed E-state index contributed by atoms with van der Waals surface area (Å²) in [6, 6.07) is 13.9. The van der Waals surface area contributed by atoms with E-state index in [-0.39, 0.29) is 16.8 Å². The molecule has 1 N–H and O–H groups in total. The van der Waals surface area contributed by atoms with Crippen LogP contribution in [0.4, 0.5) is 0 Å². The van der Waals surface area contributed by atoms with E-state index in [4.69, 9.17) is 4.74 Å². The zero-order chi connectivity index (χ0) is 20.9. The third-order valence-electron chi connectivity index (χ3n) is 5.18. The number of benzene rings is 2. The molecule has 3 rings (SSSR count). The number of amides is 1. The highest BCUT2D eigenvalue weighted by Crippen LogP contribution is 2.25. The number of sulfonamides is 1. The van der Waals surface area contributed by atoms with Crippen LogP contribution in [0.2, 0.25) is 0 Å². The van der Waals surface area contributed by atoms with Crippen LogP contribution < -0.4 is 10.1 Å². The van der Waals surface area contributed by atoms with Crippen molar-refractivity contribution in [3.8, 4) is 5.75 Å². The molecule has 6 nitrogen and oxygen atoms in total. The normalized spacial score (nSPS) is 17.7. The van der Waals surface area contributed by atoms with Gasteiger partial charge in [-0.3, -0.25) is 4.79 Å². The lowest BCUT2D eigenvalue weighted by molar-refractivity contribution is 0.0946. The van der Waals surface area contributed by atoms with Crippen LogP contribution in [0, 0.1) is 6.92 Å². The molecule has 2 aromatic carbocycles. The molecule has 1 saturated heterocycles. The molecule has 0 saturated carbocycles. The highest BCUT2D eigenvalue weighted by atomic mass is 32.2. The van der Waals surface area contributed by atoms with Crippen LogP contribution in [-0.4, -0.2) is 44.4 Å². The maximum Gasteiger partial charge on any atom is 0.251 e. The largest absolute Gasteiger partial charge is 0.491 e. The molecule has 1 unspecified atom stereocenters. The summed E-state index contributed by atoms with van der Waals surface area (Å²) < 4.78 is 33.2. The van der Waals surface area contributed by atoms with Crippen LogP contribution in [0.5, 0.6) is 5.75 Å². The van der Waals surface area contributed by atoms with Crippen LogP contribution in [0.25, 0.3) is 0 Å². The summed E-state index contributed by atoms with van der Waals surface area (Å²) >= 11 is 0. The Hall–Kier alpha value is -2.38. The van der Waals surface area contributed by atoms with Gasteiger partial charge in [0.2, 0.25) is 10.0 Å². The van der Waals surface area contributed by atoms with Gasteiger partial charge >= 0.3 is 0 Å². The number of hydrogen-bond acceptors (Lipinski definition) is 4. The average molecular weight is 417 g/mol. The van der Waals surface area contributed by atoms with E-state index in [2.05, 4.69) is 5.32 Å². The number of para-hydroxylation sites is 1. The summed E-state index contributed by atoms with van der Waals surface area (Å²) in [4.78, 5) is 12.6. The number of nitrogens with zero attached hydrogens (tertiary/aromatic N) is 1. The first kappa shape index (κ1) is 21.3. The smallest absolute Gasteiger partial charge is 0.251 e. The summed E-state index contributed by atoms with van der Waals surface area (Å²) in [5.74, 6) is 0.465. The Bertz CT molecular complexity index is 959. The summed E-state index contributed by atoms with van der Waals surface area (Å²) in [6.45, 7) is 5.08. The van der Waals surface area contributed by atoms with Crippen LogP contribution in [0.1, 0.15) is 42.1 Å². The van der Waals surface area contributed by atoms with E-state index in [1.54, 1.807) is 22.5 Å². The number of piperidine rings is 1. The van der Waals surface area contributed by atoms with Crippen molar-refractivity contribution in [2.75, 3.05) is 19.7 Å². The van der Waals surface area contributed by atoms with Crippen molar-refractivity contribution in [1.29, 1.82) is 0 Å². The van der Waals surface area contributed by atoms with Crippen molar-refractivity contribution >= 4 is 15.9 Å². The molecule has 1 atom stereocenters. The molecule has 1 amide bonds. The first-order chi connectivity index (χ1) is 13.9. The topological polar surface area (TPSA) is 75.7 Å². The number of aryl methyl sites for hydroxylation is 1. The van der Waals surface area contributed by atoms with Gasteiger partial charge in [0, 0.05) is 18.2 Å². The molecule has 29 heavy (non-hydrogen) atoms. The van der Waals surface area contributed by atoms with Crippen LogP contribution in [0.15, 0.2) is 53.4 Å². The van der Waals surface area contributed by atoms with E-state index >= 15 is 0 Å². The fourth-order valence-electron chi connectivity index (χ4n) is 3.51. The molecule has 0 aromatic heterocycles. The van der Waals surface area contributed by atoms with Gasteiger partial charge in [-0.15, -0.1) is 0 Å². The lowest BCUT2D eigenvalue weighted by atomic mass is 10.1. The number of carbonyl (C=O) groups is 1. The Balaban J connectivity index is 1.61. The van der Waals surface area contributed by atoms with Crippen molar-refractivity contribution in [2.45, 2.75) is 44.0 Å². The quantitative estimate of drug-likeness (QED) is 0.702. The second kappa shape index (κ2) is 9.41. The highest BCUT2D eigenvalue weighted by molar-refractivity contribution is 7.89. The van der Waals surface area contributed by atoms with E-state index in [0.717, 1.165) is 30.6 Å². The number of ether oxygens (including phenoxy) is 1. The van der Waals surface area contributed by atoms with E-state index in [1.165, 1.54) is 6.07 Å². The molecule has 1 fully saturated rings. The van der Waals surface area contributed by atoms with E-state index in [0.29, 0.717) is 25.3 Å². The highest BCUT2D eigenvalue weighted by Gasteiger charge is 2.31. The zero-order valence-corrected chi connectivity index (χ0v) is 17.7. The fraction of sp³-hybridized carbons (Fsp3) is 0.409. The lowest BCUT2D eigenvalue weighted by Crippen LogP contribution is -2.42. The molecule has 156 valence electrons. The number of carbonyl (C=O) groups excluding carboxylic acids is 1. The summed E-state index contributed by atoms with van der Waals surface area (Å²) in [6.07, 6.45) is 2.77.